The summed E-state index contributed by atoms with van der Waals surface area (Å²) in [7, 11) is 1.80. The molecule has 1 heterocycles. The zero-order valence-corrected chi connectivity index (χ0v) is 17.6. The zero-order valence-electron chi connectivity index (χ0n) is 17.6. The maximum atomic E-state index is 12.2. The van der Waals surface area contributed by atoms with Crippen LogP contribution in [-0.4, -0.2) is 22.0 Å². The lowest BCUT2D eigenvalue weighted by Gasteiger charge is -2.06. The Kier molecular flexibility index (Phi) is 6.27. The van der Waals surface area contributed by atoms with Crippen LogP contribution in [0.5, 0.6) is 23.1 Å². The largest absolute Gasteiger partial charge is 0.439 e. The number of nitrogens with zero attached hydrogens (tertiary/aromatic N) is 3. The number of rotatable bonds is 7. The predicted molar refractivity (Wildman–Crippen MR) is 121 cm³/mol. The van der Waals surface area contributed by atoms with Gasteiger partial charge in [-0.3, -0.25) is 0 Å². The molecule has 160 valence electrons. The second-order valence-electron chi connectivity index (χ2n) is 6.90. The number of ether oxygens (including phenoxy) is 2. The Morgan fingerprint density at radius 1 is 0.875 bits per heavy atom. The minimum atomic E-state index is -0.445. The number of benzene rings is 3. The molecule has 0 amide bonds. The van der Waals surface area contributed by atoms with Crippen molar-refractivity contribution in [3.8, 4) is 23.1 Å². The molecule has 3 aromatic carbocycles. The molecule has 32 heavy (non-hydrogen) atoms. The van der Waals surface area contributed by atoms with Gasteiger partial charge in [-0.25, -0.2) is 9.48 Å². The first-order valence-electron chi connectivity index (χ1n) is 9.94. The summed E-state index contributed by atoms with van der Waals surface area (Å²) >= 11 is 0. The molecular weight excluding hydrogens is 406 g/mol. The van der Waals surface area contributed by atoms with E-state index in [1.165, 1.54) is 0 Å². The van der Waals surface area contributed by atoms with Gasteiger partial charge in [0.1, 0.15) is 11.5 Å². The Hall–Kier alpha value is -4.39. The van der Waals surface area contributed by atoms with E-state index in [0.717, 1.165) is 5.69 Å². The van der Waals surface area contributed by atoms with Gasteiger partial charge >= 0.3 is 5.97 Å². The van der Waals surface area contributed by atoms with E-state index in [2.05, 4.69) is 10.3 Å². The lowest BCUT2D eigenvalue weighted by Crippen LogP contribution is -2.08. The molecule has 0 aliphatic heterocycles. The molecule has 0 saturated heterocycles. The van der Waals surface area contributed by atoms with E-state index in [9.17, 15) is 4.79 Å². The number of carbonyl (C=O) groups excluding carboxylic acids is 1. The molecule has 0 radical (unpaired) electrons. The van der Waals surface area contributed by atoms with E-state index >= 15 is 0 Å². The van der Waals surface area contributed by atoms with E-state index in [1.807, 2.05) is 43.3 Å². The summed E-state index contributed by atoms with van der Waals surface area (Å²) in [6, 6.07) is 24.9. The molecule has 0 spiro atoms. The fourth-order valence-electron chi connectivity index (χ4n) is 2.97. The number of para-hydroxylation sites is 2. The van der Waals surface area contributed by atoms with Crippen LogP contribution in [0.3, 0.4) is 0 Å². The molecule has 0 atom stereocenters. The summed E-state index contributed by atoms with van der Waals surface area (Å²) < 4.78 is 12.9. The minimum Gasteiger partial charge on any atom is -0.439 e. The predicted octanol–water partition coefficient (Wildman–Crippen LogP) is 5.15. The number of aryl methyl sites for hydroxylation is 2. The van der Waals surface area contributed by atoms with E-state index in [1.54, 1.807) is 66.5 Å². The van der Waals surface area contributed by atoms with Gasteiger partial charge in [0.05, 0.1) is 23.0 Å². The summed E-state index contributed by atoms with van der Waals surface area (Å²) in [4.78, 5) is 17.7. The molecule has 0 aliphatic carbocycles. The number of hydrogen-bond donors (Lipinski definition) is 0. The summed E-state index contributed by atoms with van der Waals surface area (Å²) in [5.41, 5.74) is 1.87. The van der Waals surface area contributed by atoms with Crippen molar-refractivity contribution in [3.63, 3.8) is 0 Å². The monoisotopic (exact) mass is 427 g/mol. The topological polar surface area (TPSA) is 74.9 Å². The Morgan fingerprint density at radius 2 is 1.50 bits per heavy atom. The van der Waals surface area contributed by atoms with Gasteiger partial charge < -0.3 is 14.3 Å². The molecule has 0 unspecified atom stereocenters. The molecule has 1 aromatic heterocycles. The standard InChI is InChI=1S/C25H21N3O4/c1-18-23(24(28(2)27-18)30-20-9-5-3-6-10-20)17-26-32-22-15-13-19(14-16-22)25(29)31-21-11-7-4-8-12-21/h3-17H,1-2H3. The van der Waals surface area contributed by atoms with E-state index in [-0.39, 0.29) is 0 Å². The number of oxime groups is 1. The van der Waals surface area contributed by atoms with Crippen LogP contribution in [-0.2, 0) is 7.05 Å². The highest BCUT2D eigenvalue weighted by Crippen LogP contribution is 2.26. The van der Waals surface area contributed by atoms with Gasteiger partial charge in [-0.05, 0) is 55.5 Å². The third kappa shape index (κ3) is 5.02. The molecule has 7 heteroatoms. The fourth-order valence-corrected chi connectivity index (χ4v) is 2.97. The summed E-state index contributed by atoms with van der Waals surface area (Å²) in [5.74, 6) is 1.77. The first kappa shape index (κ1) is 20.9. The quantitative estimate of drug-likeness (QED) is 0.176. The van der Waals surface area contributed by atoms with E-state index in [4.69, 9.17) is 14.3 Å². The van der Waals surface area contributed by atoms with Gasteiger partial charge in [-0.2, -0.15) is 5.10 Å². The molecule has 0 saturated carbocycles. The van der Waals surface area contributed by atoms with Gasteiger partial charge in [0, 0.05) is 7.05 Å². The first-order valence-corrected chi connectivity index (χ1v) is 9.94. The van der Waals surface area contributed by atoms with Crippen LogP contribution in [0.15, 0.2) is 90.1 Å². The second-order valence-corrected chi connectivity index (χ2v) is 6.90. The van der Waals surface area contributed by atoms with Crippen molar-refractivity contribution in [2.75, 3.05) is 0 Å². The lowest BCUT2D eigenvalue weighted by atomic mass is 10.2. The SMILES string of the molecule is Cc1nn(C)c(Oc2ccccc2)c1C=NOc1ccc(C(=O)Oc2ccccc2)cc1. The van der Waals surface area contributed by atoms with Crippen molar-refractivity contribution < 1.29 is 19.1 Å². The highest BCUT2D eigenvalue weighted by Gasteiger charge is 2.14. The average Bonchev–Trinajstić information content (AvgIpc) is 3.08. The third-order valence-corrected chi connectivity index (χ3v) is 4.56. The first-order chi connectivity index (χ1) is 15.6. The maximum absolute atomic E-state index is 12.2. The number of carbonyl (C=O) groups is 1. The van der Waals surface area contributed by atoms with Crippen molar-refractivity contribution in [2.45, 2.75) is 6.92 Å². The van der Waals surface area contributed by atoms with Gasteiger partial charge in [0.25, 0.3) is 0 Å². The van der Waals surface area contributed by atoms with Gasteiger partial charge in [-0.1, -0.05) is 41.6 Å². The second kappa shape index (κ2) is 9.61. The summed E-state index contributed by atoms with van der Waals surface area (Å²) in [6.07, 6.45) is 1.55. The number of esters is 1. The van der Waals surface area contributed by atoms with Crippen LogP contribution < -0.4 is 14.3 Å². The molecule has 4 rings (SSSR count). The number of aromatic nitrogens is 2. The van der Waals surface area contributed by atoms with Gasteiger partial charge in [0.2, 0.25) is 5.88 Å². The van der Waals surface area contributed by atoms with Crippen LogP contribution in [0.25, 0.3) is 0 Å². The smallest absolute Gasteiger partial charge is 0.343 e. The fraction of sp³-hybridized carbons (Fsp3) is 0.0800. The van der Waals surface area contributed by atoms with Crippen LogP contribution in [0.2, 0.25) is 0 Å². The summed E-state index contributed by atoms with van der Waals surface area (Å²) in [6.45, 7) is 1.87. The van der Waals surface area contributed by atoms with Crippen molar-refractivity contribution in [2.24, 2.45) is 12.2 Å². The normalized spacial score (nSPS) is 10.8. The molecule has 0 fully saturated rings. The lowest BCUT2D eigenvalue weighted by molar-refractivity contribution is 0.0734. The molecule has 0 N–H and O–H groups in total. The van der Waals surface area contributed by atoms with E-state index in [0.29, 0.717) is 34.3 Å². The third-order valence-electron chi connectivity index (χ3n) is 4.56. The van der Waals surface area contributed by atoms with Crippen LogP contribution in [0.1, 0.15) is 21.6 Å². The van der Waals surface area contributed by atoms with Crippen molar-refractivity contribution in [3.05, 3.63) is 102 Å². The van der Waals surface area contributed by atoms with Gasteiger partial charge in [0.15, 0.2) is 5.75 Å². The minimum absolute atomic E-state index is 0.409. The Bertz CT molecular complexity index is 1220. The molecule has 0 aliphatic rings. The average molecular weight is 427 g/mol. The Labute approximate surface area is 185 Å². The molecule has 4 aromatic rings. The van der Waals surface area contributed by atoms with Crippen LogP contribution in [0.4, 0.5) is 0 Å². The highest BCUT2D eigenvalue weighted by molar-refractivity contribution is 5.91. The maximum Gasteiger partial charge on any atom is 0.343 e. The van der Waals surface area contributed by atoms with Crippen molar-refractivity contribution >= 4 is 12.2 Å². The molecule has 0 bridgehead atoms. The Balaban J connectivity index is 1.42. The summed E-state index contributed by atoms with van der Waals surface area (Å²) in [5, 5.41) is 8.45. The molecular formula is C25H21N3O4. The Morgan fingerprint density at radius 3 is 2.16 bits per heavy atom. The van der Waals surface area contributed by atoms with Crippen molar-refractivity contribution in [1.29, 1.82) is 0 Å². The van der Waals surface area contributed by atoms with Crippen molar-refractivity contribution in [1.82, 2.24) is 9.78 Å². The molecule has 7 nitrogen and oxygen atoms in total. The highest BCUT2D eigenvalue weighted by atomic mass is 16.6. The zero-order chi connectivity index (χ0) is 22.3. The van der Waals surface area contributed by atoms with Crippen LogP contribution in [0, 0.1) is 6.92 Å². The van der Waals surface area contributed by atoms with E-state index < -0.39 is 5.97 Å². The number of hydrogen-bond acceptors (Lipinski definition) is 6. The van der Waals surface area contributed by atoms with Gasteiger partial charge in [-0.15, -0.1) is 0 Å². The van der Waals surface area contributed by atoms with Crippen LogP contribution >= 0.6 is 0 Å².